The molecule has 0 radical (unpaired) electrons. The zero-order valence-electron chi connectivity index (χ0n) is 12.6. The maximum Gasteiger partial charge on any atom is 0.263 e. The molecule has 3 N–H and O–H groups in total. The van der Waals surface area contributed by atoms with Crippen molar-refractivity contribution >= 4 is 17.2 Å². The SMILES string of the molecule is O=C(N[C@@H]1CC[C@@H](Oc2cccc(F)c2)[C@@H](O)[C@@H]1O)c1cncs1. The molecule has 1 saturated carbocycles. The number of amides is 1. The number of hydrogen-bond donors (Lipinski definition) is 3. The highest BCUT2D eigenvalue weighted by atomic mass is 32.1. The predicted molar refractivity (Wildman–Crippen MR) is 85.4 cm³/mol. The number of benzene rings is 1. The lowest BCUT2D eigenvalue weighted by Gasteiger charge is -2.37. The van der Waals surface area contributed by atoms with Crippen LogP contribution in [0.25, 0.3) is 0 Å². The van der Waals surface area contributed by atoms with Crippen molar-refractivity contribution in [1.82, 2.24) is 10.3 Å². The van der Waals surface area contributed by atoms with E-state index in [0.717, 1.165) is 0 Å². The van der Waals surface area contributed by atoms with E-state index >= 15 is 0 Å². The van der Waals surface area contributed by atoms with Gasteiger partial charge in [-0.05, 0) is 25.0 Å². The predicted octanol–water partition coefficient (Wildman–Crippen LogP) is 1.34. The molecule has 1 heterocycles. The summed E-state index contributed by atoms with van der Waals surface area (Å²) >= 11 is 1.20. The summed E-state index contributed by atoms with van der Waals surface area (Å²) in [5.41, 5.74) is 1.55. The summed E-state index contributed by atoms with van der Waals surface area (Å²) in [7, 11) is 0. The number of aromatic nitrogens is 1. The molecule has 1 fully saturated rings. The number of thiazole rings is 1. The topological polar surface area (TPSA) is 91.7 Å². The minimum atomic E-state index is -1.19. The lowest BCUT2D eigenvalue weighted by atomic mass is 9.87. The molecule has 1 aliphatic carbocycles. The number of aliphatic hydroxyl groups is 2. The molecule has 1 aromatic heterocycles. The Bertz CT molecular complexity index is 697. The first kappa shape index (κ1) is 16.8. The number of ether oxygens (including phenoxy) is 1. The van der Waals surface area contributed by atoms with Gasteiger partial charge in [-0.3, -0.25) is 9.78 Å². The van der Waals surface area contributed by atoms with Gasteiger partial charge in [0.05, 0.1) is 17.7 Å². The highest BCUT2D eigenvalue weighted by Gasteiger charge is 2.39. The molecule has 128 valence electrons. The molecule has 0 spiro atoms. The van der Waals surface area contributed by atoms with Gasteiger partial charge in [0.15, 0.2) is 0 Å². The summed E-state index contributed by atoms with van der Waals surface area (Å²) in [6.07, 6.45) is -0.728. The number of nitrogens with zero attached hydrogens (tertiary/aromatic N) is 1. The monoisotopic (exact) mass is 352 g/mol. The molecule has 0 aliphatic heterocycles. The number of aliphatic hydroxyl groups excluding tert-OH is 2. The molecule has 6 nitrogen and oxygen atoms in total. The van der Waals surface area contributed by atoms with Crippen molar-refractivity contribution in [2.24, 2.45) is 0 Å². The van der Waals surface area contributed by atoms with Gasteiger partial charge in [0.1, 0.15) is 34.8 Å². The molecule has 1 amide bonds. The van der Waals surface area contributed by atoms with Crippen molar-refractivity contribution in [3.05, 3.63) is 46.7 Å². The molecule has 0 unspecified atom stereocenters. The Morgan fingerprint density at radius 2 is 2.17 bits per heavy atom. The van der Waals surface area contributed by atoms with Crippen molar-refractivity contribution in [2.45, 2.75) is 37.2 Å². The van der Waals surface area contributed by atoms with E-state index < -0.39 is 30.2 Å². The fourth-order valence-corrected chi connectivity index (χ4v) is 3.23. The van der Waals surface area contributed by atoms with Gasteiger partial charge >= 0.3 is 0 Å². The normalized spacial score (nSPS) is 26.8. The van der Waals surface area contributed by atoms with Crippen LogP contribution >= 0.6 is 11.3 Å². The van der Waals surface area contributed by atoms with Crippen molar-refractivity contribution in [3.8, 4) is 5.75 Å². The van der Waals surface area contributed by atoms with Gasteiger partial charge in [0, 0.05) is 6.07 Å². The number of carbonyl (C=O) groups excluding carboxylic acids is 1. The Morgan fingerprint density at radius 1 is 1.33 bits per heavy atom. The zero-order chi connectivity index (χ0) is 17.1. The largest absolute Gasteiger partial charge is 0.488 e. The van der Waals surface area contributed by atoms with Crippen LogP contribution < -0.4 is 10.1 Å². The van der Waals surface area contributed by atoms with Crippen LogP contribution in [0.5, 0.6) is 5.75 Å². The highest BCUT2D eigenvalue weighted by molar-refractivity contribution is 7.11. The van der Waals surface area contributed by atoms with Crippen LogP contribution in [0.4, 0.5) is 4.39 Å². The molecular formula is C16H17FN2O4S. The Balaban J connectivity index is 1.61. The Morgan fingerprint density at radius 3 is 2.88 bits per heavy atom. The summed E-state index contributed by atoms with van der Waals surface area (Å²) in [5.74, 6) is -0.482. The standard InChI is InChI=1S/C16H17FN2O4S/c17-9-2-1-3-10(6-9)23-12-5-4-11(14(20)15(12)21)19-16(22)13-7-18-8-24-13/h1-3,6-8,11-12,14-15,20-21H,4-5H2,(H,19,22)/t11-,12-,14-,15-/m1/s1. The minimum Gasteiger partial charge on any atom is -0.488 e. The van der Waals surface area contributed by atoms with Crippen LogP contribution in [0.3, 0.4) is 0 Å². The van der Waals surface area contributed by atoms with Gasteiger partial charge < -0.3 is 20.3 Å². The second kappa shape index (κ2) is 7.25. The number of nitrogens with one attached hydrogen (secondary N) is 1. The smallest absolute Gasteiger partial charge is 0.263 e. The van der Waals surface area contributed by atoms with E-state index in [9.17, 15) is 19.4 Å². The van der Waals surface area contributed by atoms with Gasteiger partial charge in [-0.25, -0.2) is 4.39 Å². The van der Waals surface area contributed by atoms with E-state index in [0.29, 0.717) is 23.5 Å². The van der Waals surface area contributed by atoms with Gasteiger partial charge in [-0.1, -0.05) is 6.07 Å². The minimum absolute atomic E-state index is 0.290. The van der Waals surface area contributed by atoms with Crippen molar-refractivity contribution in [1.29, 1.82) is 0 Å². The van der Waals surface area contributed by atoms with Crippen molar-refractivity contribution in [2.75, 3.05) is 0 Å². The average Bonchev–Trinajstić information content (AvgIpc) is 3.09. The number of carbonyl (C=O) groups is 1. The molecule has 1 aromatic carbocycles. The molecule has 0 saturated heterocycles. The Labute approximate surface area is 141 Å². The van der Waals surface area contributed by atoms with Crippen LogP contribution in [-0.4, -0.2) is 45.5 Å². The van der Waals surface area contributed by atoms with Crippen LogP contribution in [0, 0.1) is 5.82 Å². The molecule has 0 bridgehead atoms. The van der Waals surface area contributed by atoms with E-state index in [1.54, 1.807) is 11.6 Å². The fourth-order valence-electron chi connectivity index (χ4n) is 2.71. The Kier molecular flexibility index (Phi) is 5.08. The summed E-state index contributed by atoms with van der Waals surface area (Å²) in [4.78, 5) is 16.3. The summed E-state index contributed by atoms with van der Waals surface area (Å²) in [6.45, 7) is 0. The van der Waals surface area contributed by atoms with Crippen LogP contribution in [0.1, 0.15) is 22.5 Å². The van der Waals surface area contributed by atoms with Crippen molar-refractivity contribution in [3.63, 3.8) is 0 Å². The first-order chi connectivity index (χ1) is 11.5. The van der Waals surface area contributed by atoms with Crippen LogP contribution in [0.2, 0.25) is 0 Å². The molecule has 2 aromatic rings. The van der Waals surface area contributed by atoms with E-state index in [4.69, 9.17) is 4.74 Å². The van der Waals surface area contributed by atoms with E-state index in [2.05, 4.69) is 10.3 Å². The van der Waals surface area contributed by atoms with Gasteiger partial charge in [-0.15, -0.1) is 11.3 Å². The second-order valence-corrected chi connectivity index (χ2v) is 6.50. The number of halogens is 1. The van der Waals surface area contributed by atoms with E-state index in [1.165, 1.54) is 35.7 Å². The average molecular weight is 352 g/mol. The lowest BCUT2D eigenvalue weighted by Crippen LogP contribution is -2.57. The van der Waals surface area contributed by atoms with Gasteiger partial charge in [0.25, 0.3) is 5.91 Å². The number of rotatable bonds is 4. The summed E-state index contributed by atoms with van der Waals surface area (Å²) in [5, 5.41) is 23.2. The molecule has 4 atom stereocenters. The molecule has 8 heteroatoms. The van der Waals surface area contributed by atoms with Crippen LogP contribution in [0.15, 0.2) is 36.0 Å². The van der Waals surface area contributed by atoms with Gasteiger partial charge in [0.2, 0.25) is 0 Å². The Hall–Kier alpha value is -2.03. The third-order valence-electron chi connectivity index (χ3n) is 3.96. The number of hydrogen-bond acceptors (Lipinski definition) is 6. The third-order valence-corrected chi connectivity index (χ3v) is 4.73. The molecule has 24 heavy (non-hydrogen) atoms. The highest BCUT2D eigenvalue weighted by Crippen LogP contribution is 2.25. The van der Waals surface area contributed by atoms with E-state index in [1.807, 2.05) is 0 Å². The zero-order valence-corrected chi connectivity index (χ0v) is 13.4. The van der Waals surface area contributed by atoms with Gasteiger partial charge in [-0.2, -0.15) is 0 Å². The molecular weight excluding hydrogens is 335 g/mol. The quantitative estimate of drug-likeness (QED) is 0.772. The first-order valence-corrected chi connectivity index (χ1v) is 8.40. The summed E-state index contributed by atoms with van der Waals surface area (Å²) in [6, 6.07) is 5.02. The maximum atomic E-state index is 13.2. The van der Waals surface area contributed by atoms with E-state index in [-0.39, 0.29) is 5.91 Å². The fraction of sp³-hybridized carbons (Fsp3) is 0.375. The van der Waals surface area contributed by atoms with Crippen LogP contribution in [-0.2, 0) is 0 Å². The second-order valence-electron chi connectivity index (χ2n) is 5.62. The molecule has 1 aliphatic rings. The maximum absolute atomic E-state index is 13.2. The summed E-state index contributed by atoms with van der Waals surface area (Å²) < 4.78 is 18.8. The first-order valence-electron chi connectivity index (χ1n) is 7.52. The van der Waals surface area contributed by atoms with Crippen molar-refractivity contribution < 1.29 is 24.1 Å². The molecule has 3 rings (SSSR count). The third kappa shape index (κ3) is 3.72. The lowest BCUT2D eigenvalue weighted by molar-refractivity contribution is -0.0874.